The van der Waals surface area contributed by atoms with Gasteiger partial charge in [0.1, 0.15) is 0 Å². The number of benzene rings is 2. The molecule has 3 N–H and O–H groups in total. The fourth-order valence-electron chi connectivity index (χ4n) is 4.75. The van der Waals surface area contributed by atoms with Gasteiger partial charge >= 0.3 is 24.1 Å². The van der Waals surface area contributed by atoms with Crippen molar-refractivity contribution in [2.24, 2.45) is 5.73 Å². The van der Waals surface area contributed by atoms with E-state index in [9.17, 15) is 37.1 Å². The van der Waals surface area contributed by atoms with Crippen molar-refractivity contribution in [3.8, 4) is 0 Å². The number of rotatable bonds is 9. The number of Topliss-reactive ketones (excluding diaryl/α,β-unsaturated/α-hetero) is 2. The number of alkyl halides is 3. The molecule has 2 fully saturated rings. The number of nitrogens with two attached hydrogens (primary N) is 1. The minimum Gasteiger partial charge on any atom is -0.378 e. The van der Waals surface area contributed by atoms with E-state index in [0.717, 1.165) is 11.1 Å². The van der Waals surface area contributed by atoms with Crippen molar-refractivity contribution in [3.05, 3.63) is 70.8 Å². The first-order valence-electron chi connectivity index (χ1n) is 15.2. The molecule has 2 aliphatic heterocycles. The summed E-state index contributed by atoms with van der Waals surface area (Å²) in [6.45, 7) is 4.60. The van der Waals surface area contributed by atoms with Crippen LogP contribution in [-0.4, -0.2) is 135 Å². The zero-order valence-electron chi connectivity index (χ0n) is 27.0. The number of nitrogens with zero attached hydrogens (tertiary/aromatic N) is 4. The SMILES string of the molecule is CN(Cc1ccc(C(=O)CN)cc1)C(=O)N1CCOCC1.CN(Cc1ccc(C(=O)CNC(=O)C(F)(F)F)cc1)C(=O)N1CCOCC1. The third kappa shape index (κ3) is 11.6. The van der Waals surface area contributed by atoms with Crippen molar-refractivity contribution < 1.29 is 46.6 Å². The van der Waals surface area contributed by atoms with Gasteiger partial charge in [0.25, 0.3) is 0 Å². The predicted octanol–water partition coefficient (Wildman–Crippen LogP) is 2.14. The van der Waals surface area contributed by atoms with Gasteiger partial charge in [0.05, 0.1) is 39.5 Å². The van der Waals surface area contributed by atoms with Gasteiger partial charge in [-0.2, -0.15) is 13.2 Å². The van der Waals surface area contributed by atoms with Crippen LogP contribution in [0.3, 0.4) is 0 Å². The van der Waals surface area contributed by atoms with E-state index < -0.39 is 24.4 Å². The number of amides is 5. The van der Waals surface area contributed by atoms with Crippen LogP contribution in [0.4, 0.5) is 22.8 Å². The molecule has 48 heavy (non-hydrogen) atoms. The van der Waals surface area contributed by atoms with Gasteiger partial charge in [0, 0.05) is 64.5 Å². The highest BCUT2D eigenvalue weighted by Crippen LogP contribution is 2.15. The Kier molecular flexibility index (Phi) is 14.3. The van der Waals surface area contributed by atoms with E-state index in [1.165, 1.54) is 22.3 Å². The Morgan fingerprint density at radius 1 is 0.708 bits per heavy atom. The van der Waals surface area contributed by atoms with E-state index in [2.05, 4.69) is 0 Å². The minimum absolute atomic E-state index is 0.000381. The van der Waals surface area contributed by atoms with Crippen molar-refractivity contribution in [2.45, 2.75) is 19.3 Å². The quantitative estimate of drug-likeness (QED) is 0.383. The molecule has 2 aliphatic rings. The Balaban J connectivity index is 0.000000269. The van der Waals surface area contributed by atoms with Gasteiger partial charge in [-0.1, -0.05) is 48.5 Å². The van der Waals surface area contributed by atoms with Crippen molar-refractivity contribution >= 4 is 29.5 Å². The topological polar surface area (TPSA) is 155 Å². The lowest BCUT2D eigenvalue weighted by Gasteiger charge is -2.31. The molecule has 0 saturated carbocycles. The molecule has 5 amide bonds. The Morgan fingerprint density at radius 3 is 1.44 bits per heavy atom. The summed E-state index contributed by atoms with van der Waals surface area (Å²) in [5.41, 5.74) is 7.84. The van der Waals surface area contributed by atoms with E-state index >= 15 is 0 Å². The second-order valence-corrected chi connectivity index (χ2v) is 11.1. The lowest BCUT2D eigenvalue weighted by Crippen LogP contribution is -2.46. The van der Waals surface area contributed by atoms with Crippen LogP contribution in [0.25, 0.3) is 0 Å². The van der Waals surface area contributed by atoms with Gasteiger partial charge in [0.2, 0.25) is 0 Å². The number of morpholine rings is 2. The highest BCUT2D eigenvalue weighted by molar-refractivity contribution is 6.00. The Labute approximate surface area is 276 Å². The maximum Gasteiger partial charge on any atom is 0.471 e. The third-order valence-corrected chi connectivity index (χ3v) is 7.46. The van der Waals surface area contributed by atoms with Crippen molar-refractivity contribution in [3.63, 3.8) is 0 Å². The zero-order valence-corrected chi connectivity index (χ0v) is 27.0. The second kappa shape index (κ2) is 18.1. The van der Waals surface area contributed by atoms with E-state index in [1.807, 2.05) is 12.1 Å². The van der Waals surface area contributed by atoms with Crippen LogP contribution in [0.1, 0.15) is 31.8 Å². The number of carbonyl (C=O) groups is 5. The number of ether oxygens (including phenoxy) is 2. The Bertz CT molecular complexity index is 1390. The molecule has 0 aromatic heterocycles. The van der Waals surface area contributed by atoms with Crippen LogP contribution in [0.2, 0.25) is 0 Å². The molecule has 0 aliphatic carbocycles. The molecular formula is C32H41F3N6O7. The van der Waals surface area contributed by atoms with Gasteiger partial charge in [-0.05, 0) is 11.1 Å². The first kappa shape index (κ1) is 37.9. The molecule has 13 nitrogen and oxygen atoms in total. The molecule has 262 valence electrons. The minimum atomic E-state index is -5.03. The number of urea groups is 2. The van der Waals surface area contributed by atoms with Crippen LogP contribution in [0.15, 0.2) is 48.5 Å². The number of hydrogen-bond donors (Lipinski definition) is 2. The lowest BCUT2D eigenvalue weighted by molar-refractivity contribution is -0.173. The zero-order chi connectivity index (χ0) is 35.3. The summed E-state index contributed by atoms with van der Waals surface area (Å²) in [6.07, 6.45) is -5.03. The van der Waals surface area contributed by atoms with Crippen molar-refractivity contribution in [1.82, 2.24) is 24.9 Å². The van der Waals surface area contributed by atoms with Crippen LogP contribution >= 0.6 is 0 Å². The molecule has 0 spiro atoms. The molecule has 4 rings (SSSR count). The average molecular weight is 679 g/mol. The summed E-state index contributed by atoms with van der Waals surface area (Å²) in [6, 6.07) is 13.2. The first-order chi connectivity index (χ1) is 22.8. The van der Waals surface area contributed by atoms with E-state index in [-0.39, 0.29) is 30.0 Å². The smallest absolute Gasteiger partial charge is 0.378 e. The van der Waals surface area contributed by atoms with E-state index in [4.69, 9.17) is 15.2 Å². The number of nitrogens with one attached hydrogen (secondary N) is 1. The summed E-state index contributed by atoms with van der Waals surface area (Å²) in [4.78, 5) is 65.3. The molecule has 2 saturated heterocycles. The highest BCUT2D eigenvalue weighted by atomic mass is 19.4. The molecule has 0 bridgehead atoms. The maximum atomic E-state index is 12.3. The molecule has 2 aromatic carbocycles. The molecule has 0 unspecified atom stereocenters. The van der Waals surface area contributed by atoms with Gasteiger partial charge in [-0.15, -0.1) is 0 Å². The van der Waals surface area contributed by atoms with Crippen molar-refractivity contribution in [2.75, 3.05) is 79.8 Å². The van der Waals surface area contributed by atoms with Crippen LogP contribution in [0.5, 0.6) is 0 Å². The Morgan fingerprint density at radius 2 is 1.08 bits per heavy atom. The maximum absolute atomic E-state index is 12.3. The fourth-order valence-corrected chi connectivity index (χ4v) is 4.75. The summed E-state index contributed by atoms with van der Waals surface area (Å²) in [5.74, 6) is -2.88. The van der Waals surface area contributed by atoms with Crippen molar-refractivity contribution in [1.29, 1.82) is 0 Å². The highest BCUT2D eigenvalue weighted by Gasteiger charge is 2.38. The third-order valence-electron chi connectivity index (χ3n) is 7.46. The number of hydrogen-bond acceptors (Lipinski definition) is 8. The largest absolute Gasteiger partial charge is 0.471 e. The van der Waals surface area contributed by atoms with Crippen LogP contribution in [-0.2, 0) is 27.4 Å². The fraction of sp³-hybridized carbons (Fsp3) is 0.469. The molecule has 0 atom stereocenters. The molecule has 2 heterocycles. The predicted molar refractivity (Wildman–Crippen MR) is 168 cm³/mol. The number of ketones is 2. The van der Waals surface area contributed by atoms with Gasteiger partial charge in [-0.3, -0.25) is 14.4 Å². The molecule has 16 heteroatoms. The number of carbonyl (C=O) groups excluding carboxylic acids is 5. The number of halogens is 3. The summed E-state index contributed by atoms with van der Waals surface area (Å²) in [5, 5.41) is 1.54. The lowest BCUT2D eigenvalue weighted by atomic mass is 10.1. The van der Waals surface area contributed by atoms with Gasteiger partial charge in [0.15, 0.2) is 11.6 Å². The molecule has 2 aromatic rings. The summed E-state index contributed by atoms with van der Waals surface area (Å²) >= 11 is 0. The molecular weight excluding hydrogens is 637 g/mol. The Hall–Kier alpha value is -4.54. The summed E-state index contributed by atoms with van der Waals surface area (Å²) in [7, 11) is 3.43. The standard InChI is InChI=1S/C17H20F3N3O4.C15H21N3O3/c1-22(16(26)23-6-8-27-9-7-23)11-12-2-4-13(5-3-12)14(24)10-21-15(25)17(18,19)20;1-17(15(20)18-6-8-21-9-7-18)11-12-2-4-13(5-3-12)14(19)10-16/h2-5H,6-11H2,1H3,(H,21,25);2-5H,6-11,16H2,1H3. The van der Waals surface area contributed by atoms with Crippen LogP contribution < -0.4 is 11.1 Å². The summed E-state index contributed by atoms with van der Waals surface area (Å²) < 4.78 is 46.8. The normalized spacial score (nSPS) is 14.7. The van der Waals surface area contributed by atoms with Crippen LogP contribution in [0, 0.1) is 0 Å². The monoisotopic (exact) mass is 678 g/mol. The molecule has 0 radical (unpaired) electrons. The van der Waals surface area contributed by atoms with Gasteiger partial charge < -0.3 is 40.1 Å². The second-order valence-electron chi connectivity index (χ2n) is 11.1. The van der Waals surface area contributed by atoms with Gasteiger partial charge in [-0.25, -0.2) is 9.59 Å². The van der Waals surface area contributed by atoms with E-state index in [1.54, 1.807) is 53.1 Å². The van der Waals surface area contributed by atoms with E-state index in [0.29, 0.717) is 71.3 Å². The average Bonchev–Trinajstić information content (AvgIpc) is 3.10. The first-order valence-corrected chi connectivity index (χ1v) is 15.2.